The van der Waals surface area contributed by atoms with Crippen molar-refractivity contribution >= 4 is 41.4 Å². The number of unbranched alkanes of at least 4 members (excludes halogenated alkanes) is 7. The van der Waals surface area contributed by atoms with Crippen LogP contribution in [-0.2, 0) is 47.7 Å². The van der Waals surface area contributed by atoms with Crippen LogP contribution in [0.25, 0.3) is 5.76 Å². The number of likely N-dealkylation sites (N-methyl/N-ethyl adjacent to an activating group) is 1. The number of aliphatic carboxylic acids is 1. The number of aliphatic hydroxyl groups excluding tert-OH is 1. The van der Waals surface area contributed by atoms with Crippen molar-refractivity contribution in [2.75, 3.05) is 86.1 Å². The van der Waals surface area contributed by atoms with Crippen molar-refractivity contribution in [3.63, 3.8) is 0 Å². The van der Waals surface area contributed by atoms with Gasteiger partial charge in [0.1, 0.15) is 30.8 Å². The summed E-state index contributed by atoms with van der Waals surface area (Å²) >= 11 is 0. The van der Waals surface area contributed by atoms with Crippen LogP contribution in [0.1, 0.15) is 89.0 Å². The molecule has 7 N–H and O–H groups in total. The number of rotatable bonds is 40. The highest BCUT2D eigenvalue weighted by Crippen LogP contribution is 2.17. The van der Waals surface area contributed by atoms with Crippen molar-refractivity contribution in [3.8, 4) is 5.75 Å². The van der Waals surface area contributed by atoms with Gasteiger partial charge in [-0.3, -0.25) is 24.0 Å². The maximum atomic E-state index is 12.7. The Morgan fingerprint density at radius 1 is 0.590 bits per heavy atom. The summed E-state index contributed by atoms with van der Waals surface area (Å²) in [6.45, 7) is 5.80. The minimum absolute atomic E-state index is 0.0201. The summed E-state index contributed by atoms with van der Waals surface area (Å²) in [5.74, 6) is -1.80. The Bertz CT molecular complexity index is 1420. The van der Waals surface area contributed by atoms with E-state index in [1.54, 1.807) is 24.3 Å². The number of carbonyl (C=O) groups is 6. The molecule has 0 fully saturated rings. The van der Waals surface area contributed by atoms with Gasteiger partial charge in [-0.05, 0) is 69.8 Å². The number of hydrogen-bond acceptors (Lipinski definition) is 13. The molecule has 1 rings (SSSR count). The van der Waals surface area contributed by atoms with Crippen LogP contribution in [0.3, 0.4) is 0 Å². The fraction of sp³-hybridized carbons (Fsp3) is 0.667. The van der Waals surface area contributed by atoms with E-state index in [1.807, 2.05) is 0 Å². The van der Waals surface area contributed by atoms with E-state index >= 15 is 0 Å². The molecule has 4 amide bonds. The third-order valence-electron chi connectivity index (χ3n) is 9.01. The smallest absolute Gasteiger partial charge is 0.326 e. The minimum Gasteiger partial charge on any atom is -0.508 e. The van der Waals surface area contributed by atoms with E-state index in [0.717, 1.165) is 44.3 Å². The summed E-state index contributed by atoms with van der Waals surface area (Å²) in [4.78, 5) is 70.6. The number of carboxylic acid groups (broad SMARTS) is 1. The highest BCUT2D eigenvalue weighted by atomic mass is 19.1. The van der Waals surface area contributed by atoms with E-state index < -0.39 is 24.1 Å². The van der Waals surface area contributed by atoms with E-state index in [1.165, 1.54) is 7.05 Å². The molecule has 0 aliphatic carbocycles. The molecule has 18 nitrogen and oxygen atoms in total. The summed E-state index contributed by atoms with van der Waals surface area (Å²) in [7, 11) is 1.51. The zero-order valence-electron chi connectivity index (χ0n) is 35.6. The molecule has 0 aromatic heterocycles. The highest BCUT2D eigenvalue weighted by Gasteiger charge is 2.21. The lowest BCUT2D eigenvalue weighted by atomic mass is 10.1. The number of nitrogens with one attached hydrogen (secondary N) is 5. The second kappa shape index (κ2) is 36.0. The minimum atomic E-state index is -1.40. The van der Waals surface area contributed by atoms with Crippen LogP contribution in [0.4, 0.5) is 4.39 Å². The molecule has 0 aliphatic rings. The standard InChI is InChI=1S/C42H68FN5O13/c1-32(49)33-14-16-34(17-15-33)61-23-11-7-5-3-4-6-8-13-38(51)48-36(42(55)56)18-19-37(50)46-21-24-57-26-29-60-31-40(53)47-22-25-58-27-28-59-30-39(52)45-20-10-9-12-35(44-2)41(43)54/h14-17,35-36,44,49H,1,3-13,18-31H2,2H3,(H,45,52)(H,46,50)(H,47,53)(H,48,51)(H,55,56). The maximum absolute atomic E-state index is 12.7. The van der Waals surface area contributed by atoms with Crippen LogP contribution in [0, 0.1) is 0 Å². The molecule has 0 radical (unpaired) electrons. The first kappa shape index (κ1) is 54.3. The number of aliphatic hydroxyl groups is 1. The van der Waals surface area contributed by atoms with Crippen LogP contribution in [0.2, 0.25) is 0 Å². The lowest BCUT2D eigenvalue weighted by Gasteiger charge is -2.14. The SMILES string of the molecule is C=C(O)c1ccc(OCCCCCCCCCC(=O)NC(CCC(=O)NCCOCCOCC(=O)NCCOCCOCC(=O)NCCCCC(NC)C(=O)F)C(=O)O)cc1. The molecule has 1 aromatic carbocycles. The van der Waals surface area contributed by atoms with E-state index in [2.05, 4.69) is 33.2 Å². The fourth-order valence-corrected chi connectivity index (χ4v) is 5.56. The Morgan fingerprint density at radius 3 is 1.69 bits per heavy atom. The fourth-order valence-electron chi connectivity index (χ4n) is 5.56. The zero-order chi connectivity index (χ0) is 44.9. The number of carbonyl (C=O) groups excluding carboxylic acids is 5. The van der Waals surface area contributed by atoms with E-state index in [0.29, 0.717) is 44.4 Å². The summed E-state index contributed by atoms with van der Waals surface area (Å²) in [5, 5.41) is 32.0. The van der Waals surface area contributed by atoms with Gasteiger partial charge in [0.05, 0.1) is 52.3 Å². The van der Waals surface area contributed by atoms with Gasteiger partial charge >= 0.3 is 12.0 Å². The van der Waals surface area contributed by atoms with Gasteiger partial charge in [-0.15, -0.1) is 0 Å². The number of ether oxygens (including phenoxy) is 5. The molecule has 61 heavy (non-hydrogen) atoms. The predicted molar refractivity (Wildman–Crippen MR) is 224 cm³/mol. The predicted octanol–water partition coefficient (Wildman–Crippen LogP) is 2.73. The first-order valence-electron chi connectivity index (χ1n) is 21.0. The monoisotopic (exact) mass is 869 g/mol. The molecule has 0 spiro atoms. The molecular formula is C42H68FN5O13. The number of hydrogen-bond donors (Lipinski definition) is 7. The van der Waals surface area contributed by atoms with Gasteiger partial charge in [0, 0.05) is 38.0 Å². The van der Waals surface area contributed by atoms with Crippen LogP contribution in [0.5, 0.6) is 5.75 Å². The lowest BCUT2D eigenvalue weighted by molar-refractivity contribution is -0.142. The molecule has 0 aliphatic heterocycles. The van der Waals surface area contributed by atoms with E-state index in [-0.39, 0.29) is 115 Å². The Balaban J connectivity index is 1.93. The number of amides is 4. The second-order valence-corrected chi connectivity index (χ2v) is 14.1. The van der Waals surface area contributed by atoms with Crippen molar-refractivity contribution in [2.24, 2.45) is 0 Å². The summed E-state index contributed by atoms with van der Waals surface area (Å²) in [6, 6.07) is 3.72. The molecule has 19 heteroatoms. The van der Waals surface area contributed by atoms with Crippen molar-refractivity contribution in [2.45, 2.75) is 95.6 Å². The highest BCUT2D eigenvalue weighted by molar-refractivity contribution is 5.84. The molecule has 0 saturated heterocycles. The third-order valence-corrected chi connectivity index (χ3v) is 9.01. The van der Waals surface area contributed by atoms with Crippen LogP contribution in [0.15, 0.2) is 30.8 Å². The Hall–Kier alpha value is -4.69. The largest absolute Gasteiger partial charge is 0.508 e. The van der Waals surface area contributed by atoms with Gasteiger partial charge in [-0.25, -0.2) is 4.79 Å². The topological polar surface area (TPSA) is 249 Å². The summed E-state index contributed by atoms with van der Waals surface area (Å²) < 4.78 is 39.6. The third kappa shape index (κ3) is 30.9. The number of benzene rings is 1. The molecule has 0 bridgehead atoms. The van der Waals surface area contributed by atoms with Crippen molar-refractivity contribution in [1.82, 2.24) is 26.6 Å². The maximum Gasteiger partial charge on any atom is 0.326 e. The van der Waals surface area contributed by atoms with E-state index in [4.69, 9.17) is 23.7 Å². The Labute approximate surface area is 358 Å². The molecule has 2 unspecified atom stereocenters. The zero-order valence-corrected chi connectivity index (χ0v) is 35.6. The number of halogens is 1. The quantitative estimate of drug-likeness (QED) is 0.0285. The van der Waals surface area contributed by atoms with Gasteiger partial charge < -0.3 is 60.5 Å². The molecule has 346 valence electrons. The van der Waals surface area contributed by atoms with Crippen molar-refractivity contribution in [3.05, 3.63) is 36.4 Å². The van der Waals surface area contributed by atoms with Crippen LogP contribution < -0.4 is 31.3 Å². The molecular weight excluding hydrogens is 801 g/mol. The average Bonchev–Trinajstić information content (AvgIpc) is 3.23. The molecule has 0 saturated carbocycles. The second-order valence-electron chi connectivity index (χ2n) is 14.1. The van der Waals surface area contributed by atoms with Crippen molar-refractivity contribution < 1.29 is 67.1 Å². The average molecular weight is 870 g/mol. The van der Waals surface area contributed by atoms with Crippen LogP contribution in [-0.4, -0.2) is 144 Å². The Morgan fingerprint density at radius 2 is 1.13 bits per heavy atom. The van der Waals surface area contributed by atoms with Crippen molar-refractivity contribution in [1.29, 1.82) is 0 Å². The van der Waals surface area contributed by atoms with Gasteiger partial charge in [0.25, 0.3) is 0 Å². The summed E-state index contributed by atoms with van der Waals surface area (Å²) in [6.07, 6.45) is 8.13. The van der Waals surface area contributed by atoms with Gasteiger partial charge in [-0.1, -0.05) is 38.7 Å². The van der Waals surface area contributed by atoms with E-state index in [9.17, 15) is 43.4 Å². The first-order valence-corrected chi connectivity index (χ1v) is 21.0. The lowest BCUT2D eigenvalue weighted by Crippen LogP contribution is -2.41. The normalized spacial score (nSPS) is 11.9. The first-order chi connectivity index (χ1) is 29.4. The molecule has 0 heterocycles. The summed E-state index contributed by atoms with van der Waals surface area (Å²) in [5.41, 5.74) is 0.656. The van der Waals surface area contributed by atoms with Gasteiger partial charge in [0.15, 0.2) is 0 Å². The van der Waals surface area contributed by atoms with Gasteiger partial charge in [0.2, 0.25) is 23.6 Å². The Kier molecular flexibility index (Phi) is 32.1. The number of carboxylic acids is 1. The van der Waals surface area contributed by atoms with Crippen LogP contribution >= 0.6 is 0 Å². The molecule has 2 atom stereocenters. The van der Waals surface area contributed by atoms with Gasteiger partial charge in [-0.2, -0.15) is 4.39 Å². The molecule has 1 aromatic rings.